The summed E-state index contributed by atoms with van der Waals surface area (Å²) in [6.07, 6.45) is 53.9. The maximum Gasteiger partial charge on any atom is 0.472 e. The van der Waals surface area contributed by atoms with Gasteiger partial charge in [-0.3, -0.25) is 37.3 Å². The van der Waals surface area contributed by atoms with Gasteiger partial charge in [0.15, 0.2) is 12.2 Å². The minimum Gasteiger partial charge on any atom is -0.462 e. The summed E-state index contributed by atoms with van der Waals surface area (Å²) in [7, 11) is -9.90. The molecule has 0 aliphatic rings. The SMILES string of the molecule is CCCCCCCCCCCCCCCCCC(=O)O[C@H](COC(=O)CCCCCCCCCCCCCCC)COP(=O)(O)OC[C@@H](O)COP(=O)(O)OC[C@@H](COC(=O)CCCCCCCCCCC(C)C)OC(=O)CCCCCCCCCCCCCCC. The first-order chi connectivity index (χ1) is 44.5. The van der Waals surface area contributed by atoms with Crippen LogP contribution < -0.4 is 0 Å². The third-order valence-corrected chi connectivity index (χ3v) is 18.9. The molecule has 0 saturated heterocycles. The van der Waals surface area contributed by atoms with Crippen LogP contribution in [0.15, 0.2) is 0 Å². The summed E-state index contributed by atoms with van der Waals surface area (Å²) in [4.78, 5) is 72.7. The summed E-state index contributed by atoms with van der Waals surface area (Å²) < 4.78 is 68.4. The predicted molar refractivity (Wildman–Crippen MR) is 372 cm³/mol. The van der Waals surface area contributed by atoms with E-state index >= 15 is 0 Å². The number of esters is 4. The molecular weight excluding hydrogens is 1210 g/mol. The van der Waals surface area contributed by atoms with Crippen molar-refractivity contribution in [3.8, 4) is 0 Å². The van der Waals surface area contributed by atoms with Gasteiger partial charge in [0.1, 0.15) is 19.3 Å². The topological polar surface area (TPSA) is 237 Å². The van der Waals surface area contributed by atoms with Gasteiger partial charge in [-0.25, -0.2) is 9.13 Å². The van der Waals surface area contributed by atoms with Crippen LogP contribution in [-0.4, -0.2) is 96.7 Å². The Labute approximate surface area is 562 Å². The highest BCUT2D eigenvalue weighted by molar-refractivity contribution is 7.47. The van der Waals surface area contributed by atoms with E-state index in [2.05, 4.69) is 34.6 Å². The van der Waals surface area contributed by atoms with E-state index in [1.807, 2.05) is 0 Å². The molecule has 0 radical (unpaired) electrons. The van der Waals surface area contributed by atoms with Crippen molar-refractivity contribution in [1.29, 1.82) is 0 Å². The molecule has 0 aliphatic heterocycles. The number of rotatable bonds is 73. The minimum atomic E-state index is -4.95. The highest BCUT2D eigenvalue weighted by atomic mass is 31.2. The molecule has 5 atom stereocenters. The maximum absolute atomic E-state index is 13.1. The lowest BCUT2D eigenvalue weighted by molar-refractivity contribution is -0.161. The molecule has 0 heterocycles. The Bertz CT molecular complexity index is 1770. The lowest BCUT2D eigenvalue weighted by Gasteiger charge is -2.21. The smallest absolute Gasteiger partial charge is 0.462 e. The molecule has 546 valence electrons. The van der Waals surface area contributed by atoms with E-state index in [-0.39, 0.29) is 25.7 Å². The van der Waals surface area contributed by atoms with Gasteiger partial charge in [0.05, 0.1) is 26.4 Å². The van der Waals surface area contributed by atoms with Gasteiger partial charge < -0.3 is 33.8 Å². The Morgan fingerprint density at radius 1 is 0.293 bits per heavy atom. The molecule has 0 aromatic rings. The first kappa shape index (κ1) is 90.1. The fourth-order valence-corrected chi connectivity index (χ4v) is 12.8. The minimum absolute atomic E-state index is 0.107. The Morgan fingerprint density at radius 3 is 0.739 bits per heavy atom. The Balaban J connectivity index is 5.26. The van der Waals surface area contributed by atoms with Crippen molar-refractivity contribution < 1.29 is 80.2 Å². The van der Waals surface area contributed by atoms with Gasteiger partial charge in [-0.2, -0.15) is 0 Å². The zero-order valence-corrected chi connectivity index (χ0v) is 61.5. The summed E-state index contributed by atoms with van der Waals surface area (Å²) in [6.45, 7) is 7.25. The number of ether oxygens (including phenoxy) is 4. The molecule has 0 aliphatic carbocycles. The third kappa shape index (κ3) is 66.7. The second-order valence-corrected chi connectivity index (χ2v) is 29.7. The number of phosphoric ester groups is 2. The van der Waals surface area contributed by atoms with Crippen LogP contribution in [-0.2, 0) is 65.4 Å². The predicted octanol–water partition coefficient (Wildman–Crippen LogP) is 21.3. The first-order valence-electron chi connectivity index (χ1n) is 38.1. The first-order valence-corrected chi connectivity index (χ1v) is 41.1. The molecule has 3 N–H and O–H groups in total. The van der Waals surface area contributed by atoms with Crippen molar-refractivity contribution in [3.05, 3.63) is 0 Å². The van der Waals surface area contributed by atoms with Crippen molar-refractivity contribution in [2.45, 2.75) is 400 Å². The molecule has 17 nitrogen and oxygen atoms in total. The fourth-order valence-electron chi connectivity index (χ4n) is 11.2. The third-order valence-electron chi connectivity index (χ3n) is 17.0. The van der Waals surface area contributed by atoms with Crippen LogP contribution in [0, 0.1) is 5.92 Å². The lowest BCUT2D eigenvalue weighted by atomic mass is 10.0. The Hall–Kier alpha value is -1.94. The number of hydrogen-bond acceptors (Lipinski definition) is 15. The van der Waals surface area contributed by atoms with Gasteiger partial charge in [-0.05, 0) is 31.6 Å². The number of aliphatic hydroxyl groups is 1. The van der Waals surface area contributed by atoms with E-state index in [1.54, 1.807) is 0 Å². The Kier molecular flexibility index (Phi) is 64.9. The number of phosphoric acid groups is 2. The molecule has 0 rings (SSSR count). The van der Waals surface area contributed by atoms with Crippen LogP contribution in [0.25, 0.3) is 0 Å². The lowest BCUT2D eigenvalue weighted by Crippen LogP contribution is -2.30. The molecule has 0 amide bonds. The highest BCUT2D eigenvalue weighted by Gasteiger charge is 2.30. The largest absolute Gasteiger partial charge is 0.472 e. The van der Waals surface area contributed by atoms with Gasteiger partial charge in [0.25, 0.3) is 0 Å². The second kappa shape index (κ2) is 66.3. The number of carbonyl (C=O) groups is 4. The zero-order chi connectivity index (χ0) is 67.7. The molecule has 2 unspecified atom stereocenters. The molecule has 0 bridgehead atoms. The molecule has 0 aromatic carbocycles. The number of hydrogen-bond donors (Lipinski definition) is 3. The monoisotopic (exact) mass is 1350 g/mol. The van der Waals surface area contributed by atoms with E-state index in [1.165, 1.54) is 205 Å². The van der Waals surface area contributed by atoms with E-state index in [0.717, 1.165) is 95.8 Å². The average molecular weight is 1350 g/mol. The zero-order valence-electron chi connectivity index (χ0n) is 59.7. The normalized spacial score (nSPS) is 14.0. The maximum atomic E-state index is 13.1. The van der Waals surface area contributed by atoms with Crippen LogP contribution in [0.4, 0.5) is 0 Å². The summed E-state index contributed by atoms with van der Waals surface area (Å²) in [5.41, 5.74) is 0. The van der Waals surface area contributed by atoms with Gasteiger partial charge in [-0.15, -0.1) is 0 Å². The average Bonchev–Trinajstić information content (AvgIpc) is 1.91. The summed E-state index contributed by atoms with van der Waals surface area (Å²) in [5.74, 6) is -1.39. The second-order valence-electron chi connectivity index (χ2n) is 26.8. The van der Waals surface area contributed by atoms with Crippen molar-refractivity contribution in [2.75, 3.05) is 39.6 Å². The number of carbonyl (C=O) groups excluding carboxylic acids is 4. The van der Waals surface area contributed by atoms with Crippen molar-refractivity contribution in [1.82, 2.24) is 0 Å². The van der Waals surface area contributed by atoms with Crippen LogP contribution in [0.2, 0.25) is 0 Å². The molecule has 0 aromatic heterocycles. The molecule has 0 spiro atoms. The van der Waals surface area contributed by atoms with E-state index in [9.17, 15) is 43.2 Å². The van der Waals surface area contributed by atoms with E-state index < -0.39 is 97.5 Å². The number of aliphatic hydroxyl groups excluding tert-OH is 1. The van der Waals surface area contributed by atoms with Crippen molar-refractivity contribution >= 4 is 39.5 Å². The van der Waals surface area contributed by atoms with Crippen LogP contribution >= 0.6 is 15.6 Å². The van der Waals surface area contributed by atoms with Gasteiger partial charge in [-0.1, -0.05) is 330 Å². The standard InChI is InChI=1S/C73H142O17P2/c1-6-9-12-15-18-21-24-27-28-31-34-37-44-49-54-59-73(78)89-68(62-83-70(75)56-51-46-41-35-32-29-25-22-19-16-13-10-7-2)64-87-91(79,80)85-60-67(74)61-86-92(81,82)88-65-69(63-84-71(76)57-52-47-42-39-38-40-45-50-55-66(4)5)90-72(77)58-53-48-43-36-33-30-26-23-20-17-14-11-8-3/h66-69,74H,6-65H2,1-5H3,(H,79,80)(H,81,82)/t67-,68-,69-/m1/s1. The molecular formula is C73H142O17P2. The van der Waals surface area contributed by atoms with Gasteiger partial charge >= 0.3 is 39.5 Å². The Morgan fingerprint density at radius 2 is 0.500 bits per heavy atom. The molecule has 0 fully saturated rings. The van der Waals surface area contributed by atoms with Crippen LogP contribution in [0.5, 0.6) is 0 Å². The molecule has 19 heteroatoms. The van der Waals surface area contributed by atoms with E-state index in [4.69, 9.17) is 37.0 Å². The van der Waals surface area contributed by atoms with Crippen LogP contribution in [0.1, 0.15) is 381 Å². The summed E-state index contributed by atoms with van der Waals surface area (Å²) >= 11 is 0. The molecule has 0 saturated carbocycles. The van der Waals surface area contributed by atoms with Crippen molar-refractivity contribution in [3.63, 3.8) is 0 Å². The highest BCUT2D eigenvalue weighted by Crippen LogP contribution is 2.45. The number of unbranched alkanes of at least 4 members (excludes halogenated alkanes) is 45. The van der Waals surface area contributed by atoms with E-state index in [0.29, 0.717) is 25.7 Å². The van der Waals surface area contributed by atoms with Gasteiger partial charge in [0, 0.05) is 25.7 Å². The molecule has 92 heavy (non-hydrogen) atoms. The van der Waals surface area contributed by atoms with Crippen LogP contribution in [0.3, 0.4) is 0 Å². The fraction of sp³-hybridized carbons (Fsp3) is 0.945. The quantitative estimate of drug-likeness (QED) is 0.0222. The summed E-state index contributed by atoms with van der Waals surface area (Å²) in [5, 5.41) is 10.6. The summed E-state index contributed by atoms with van der Waals surface area (Å²) in [6, 6.07) is 0. The van der Waals surface area contributed by atoms with Crippen molar-refractivity contribution in [2.24, 2.45) is 5.92 Å². The van der Waals surface area contributed by atoms with Gasteiger partial charge in [0.2, 0.25) is 0 Å².